The number of hydrogen-bond donors (Lipinski definition) is 0. The van der Waals surface area contributed by atoms with Crippen LogP contribution in [0, 0.1) is 10.1 Å². The van der Waals surface area contributed by atoms with Crippen LogP contribution in [-0.2, 0) is 0 Å². The molecule has 1 aliphatic heterocycles. The Hall–Kier alpha value is -3.48. The second-order valence-electron chi connectivity index (χ2n) is 6.01. The van der Waals surface area contributed by atoms with Crippen LogP contribution in [0.4, 0.5) is 5.69 Å². The van der Waals surface area contributed by atoms with Crippen molar-refractivity contribution in [1.29, 1.82) is 0 Å². The molecule has 0 radical (unpaired) electrons. The number of nitrogens with zero attached hydrogens (tertiary/aromatic N) is 2. The van der Waals surface area contributed by atoms with Gasteiger partial charge in [0.1, 0.15) is 5.58 Å². The van der Waals surface area contributed by atoms with E-state index in [0.29, 0.717) is 23.1 Å². The van der Waals surface area contributed by atoms with Gasteiger partial charge in [0.25, 0.3) is 11.6 Å². The zero-order chi connectivity index (χ0) is 18.4. The summed E-state index contributed by atoms with van der Waals surface area (Å²) >= 11 is 0. The van der Waals surface area contributed by atoms with Gasteiger partial charge in [-0.15, -0.1) is 0 Å². The molecule has 0 aliphatic carbocycles. The van der Waals surface area contributed by atoms with E-state index in [-0.39, 0.29) is 28.3 Å². The van der Waals surface area contributed by atoms with Gasteiger partial charge in [-0.05, 0) is 36.8 Å². The predicted octanol–water partition coefficient (Wildman–Crippen LogP) is 3.27. The second-order valence-corrected chi connectivity index (χ2v) is 6.01. The number of nitro benzene ring substituents is 1. The van der Waals surface area contributed by atoms with E-state index in [0.717, 1.165) is 0 Å². The number of carbonyl (C=O) groups excluding carboxylic acids is 1. The Morgan fingerprint density at radius 1 is 1.12 bits per heavy atom. The van der Waals surface area contributed by atoms with Crippen LogP contribution >= 0.6 is 0 Å². The fraction of sp³-hybridized carbons (Fsp3) is 0.158. The molecule has 0 spiro atoms. The van der Waals surface area contributed by atoms with Crippen molar-refractivity contribution in [3.05, 3.63) is 85.8 Å². The minimum Gasteiger partial charge on any atom is -0.450 e. The molecule has 0 bridgehead atoms. The third-order valence-electron chi connectivity index (χ3n) is 4.63. The molecule has 1 amide bonds. The molecule has 1 aliphatic rings. The molecule has 3 aromatic rings. The third kappa shape index (κ3) is 2.21. The molecule has 0 N–H and O–H groups in total. The molecule has 0 saturated heterocycles. The van der Waals surface area contributed by atoms with Gasteiger partial charge in [0, 0.05) is 18.7 Å². The van der Waals surface area contributed by atoms with Crippen molar-refractivity contribution < 1.29 is 14.1 Å². The molecular formula is C19H14N2O5. The summed E-state index contributed by atoms with van der Waals surface area (Å²) < 4.78 is 5.74. The number of para-hydroxylation sites is 1. The van der Waals surface area contributed by atoms with E-state index in [9.17, 15) is 19.7 Å². The Morgan fingerprint density at radius 2 is 1.81 bits per heavy atom. The maximum absolute atomic E-state index is 13.0. The lowest BCUT2D eigenvalue weighted by molar-refractivity contribution is -0.384. The Kier molecular flexibility index (Phi) is 3.57. The molecule has 7 heteroatoms. The molecule has 0 saturated carbocycles. The minimum absolute atomic E-state index is 0.0407. The van der Waals surface area contributed by atoms with Gasteiger partial charge in [0.05, 0.1) is 21.9 Å². The molecule has 1 atom stereocenters. The van der Waals surface area contributed by atoms with Gasteiger partial charge >= 0.3 is 0 Å². The van der Waals surface area contributed by atoms with Crippen LogP contribution in [0.2, 0.25) is 0 Å². The number of carbonyl (C=O) groups is 1. The first-order chi connectivity index (χ1) is 12.5. The summed E-state index contributed by atoms with van der Waals surface area (Å²) in [6.07, 6.45) is 0. The summed E-state index contributed by atoms with van der Waals surface area (Å²) in [4.78, 5) is 37.7. The smallest absolute Gasteiger partial charge is 0.290 e. The fourth-order valence-corrected chi connectivity index (χ4v) is 3.42. The molecule has 1 aromatic heterocycles. The maximum atomic E-state index is 13.0. The van der Waals surface area contributed by atoms with Crippen molar-refractivity contribution in [2.75, 3.05) is 6.54 Å². The van der Waals surface area contributed by atoms with Crippen molar-refractivity contribution in [3.8, 4) is 0 Å². The van der Waals surface area contributed by atoms with Crippen LogP contribution in [0.3, 0.4) is 0 Å². The van der Waals surface area contributed by atoms with Gasteiger partial charge in [0.2, 0.25) is 5.76 Å². The van der Waals surface area contributed by atoms with Crippen molar-refractivity contribution in [3.63, 3.8) is 0 Å². The fourth-order valence-electron chi connectivity index (χ4n) is 3.42. The van der Waals surface area contributed by atoms with E-state index < -0.39 is 11.0 Å². The van der Waals surface area contributed by atoms with Gasteiger partial charge in [0.15, 0.2) is 5.43 Å². The molecule has 4 rings (SSSR count). The van der Waals surface area contributed by atoms with Crippen molar-refractivity contribution in [2.45, 2.75) is 13.0 Å². The van der Waals surface area contributed by atoms with Crippen LogP contribution in [0.25, 0.3) is 11.0 Å². The Bertz CT molecular complexity index is 1100. The standard InChI is InChI=1S/C19H14N2O5/c1-2-20-16(11-7-9-12(10-8-11)21(24)25)15-17(22)13-5-3-4-6-14(13)26-18(15)19(20)23/h3-10,16H,2H2,1H3/t16-/m1/s1. The molecule has 7 nitrogen and oxygen atoms in total. The first kappa shape index (κ1) is 16.0. The van der Waals surface area contributed by atoms with E-state index in [1.54, 1.807) is 36.4 Å². The van der Waals surface area contributed by atoms with Gasteiger partial charge in [-0.1, -0.05) is 12.1 Å². The number of fused-ring (bicyclic) bond motifs is 2. The highest BCUT2D eigenvalue weighted by molar-refractivity contribution is 5.99. The quantitative estimate of drug-likeness (QED) is 0.534. The number of hydrogen-bond acceptors (Lipinski definition) is 5. The third-order valence-corrected chi connectivity index (χ3v) is 4.63. The van der Waals surface area contributed by atoms with E-state index in [2.05, 4.69) is 0 Å². The zero-order valence-electron chi connectivity index (χ0n) is 13.8. The van der Waals surface area contributed by atoms with Crippen LogP contribution in [0.5, 0.6) is 0 Å². The summed E-state index contributed by atoms with van der Waals surface area (Å²) in [5.74, 6) is -0.312. The van der Waals surface area contributed by atoms with Crippen LogP contribution < -0.4 is 5.43 Å². The molecule has 130 valence electrons. The van der Waals surface area contributed by atoms with Gasteiger partial charge in [-0.2, -0.15) is 0 Å². The summed E-state index contributed by atoms with van der Waals surface area (Å²) in [5, 5.41) is 11.3. The number of non-ortho nitro benzene ring substituents is 1. The Labute approximate surface area is 147 Å². The average molecular weight is 350 g/mol. The maximum Gasteiger partial charge on any atom is 0.290 e. The summed E-state index contributed by atoms with van der Waals surface area (Å²) in [6.45, 7) is 2.19. The molecule has 2 aromatic carbocycles. The van der Waals surface area contributed by atoms with Crippen LogP contribution in [-0.4, -0.2) is 22.3 Å². The average Bonchev–Trinajstić information content (AvgIpc) is 2.94. The van der Waals surface area contributed by atoms with Crippen molar-refractivity contribution in [2.24, 2.45) is 0 Å². The monoisotopic (exact) mass is 350 g/mol. The Balaban J connectivity index is 1.96. The van der Waals surface area contributed by atoms with Crippen LogP contribution in [0.1, 0.15) is 34.6 Å². The number of amides is 1. The zero-order valence-corrected chi connectivity index (χ0v) is 13.8. The molecular weight excluding hydrogens is 336 g/mol. The largest absolute Gasteiger partial charge is 0.450 e. The molecule has 2 heterocycles. The second kappa shape index (κ2) is 5.80. The van der Waals surface area contributed by atoms with E-state index in [1.807, 2.05) is 6.92 Å². The number of rotatable bonds is 3. The molecule has 26 heavy (non-hydrogen) atoms. The number of benzene rings is 2. The first-order valence-corrected chi connectivity index (χ1v) is 8.14. The summed E-state index contributed by atoms with van der Waals surface area (Å²) in [5.41, 5.74) is 0.975. The van der Waals surface area contributed by atoms with E-state index in [4.69, 9.17) is 4.42 Å². The van der Waals surface area contributed by atoms with Gasteiger partial charge in [-0.25, -0.2) is 0 Å². The predicted molar refractivity (Wildman–Crippen MR) is 94.1 cm³/mol. The van der Waals surface area contributed by atoms with Crippen molar-refractivity contribution >= 4 is 22.6 Å². The van der Waals surface area contributed by atoms with Gasteiger partial charge in [-0.3, -0.25) is 19.7 Å². The number of nitro groups is 1. The lowest BCUT2D eigenvalue weighted by atomic mass is 9.98. The minimum atomic E-state index is -0.621. The lowest BCUT2D eigenvalue weighted by Crippen LogP contribution is -2.29. The van der Waals surface area contributed by atoms with E-state index >= 15 is 0 Å². The molecule has 0 unspecified atom stereocenters. The normalized spacial score (nSPS) is 16.1. The molecule has 0 fully saturated rings. The van der Waals surface area contributed by atoms with Crippen molar-refractivity contribution in [1.82, 2.24) is 4.90 Å². The highest BCUT2D eigenvalue weighted by atomic mass is 16.6. The van der Waals surface area contributed by atoms with Gasteiger partial charge < -0.3 is 9.32 Å². The highest BCUT2D eigenvalue weighted by Gasteiger charge is 2.41. The Morgan fingerprint density at radius 3 is 2.46 bits per heavy atom. The van der Waals surface area contributed by atoms with E-state index in [1.165, 1.54) is 17.0 Å². The SMILES string of the molecule is CCN1C(=O)c2oc3ccccc3c(=O)c2[C@H]1c1ccc([N+](=O)[O-])cc1. The highest BCUT2D eigenvalue weighted by Crippen LogP contribution is 2.38. The summed E-state index contributed by atoms with van der Waals surface area (Å²) in [6, 6.07) is 12.0. The van der Waals surface area contributed by atoms with Crippen LogP contribution in [0.15, 0.2) is 57.7 Å². The topological polar surface area (TPSA) is 93.7 Å². The first-order valence-electron chi connectivity index (χ1n) is 8.14. The lowest BCUT2D eigenvalue weighted by Gasteiger charge is -2.23. The summed E-state index contributed by atoms with van der Waals surface area (Å²) in [7, 11) is 0.